The summed E-state index contributed by atoms with van der Waals surface area (Å²) in [6.07, 6.45) is 12.5. The minimum Gasteiger partial charge on any atom is -0.461 e. The summed E-state index contributed by atoms with van der Waals surface area (Å²) in [4.78, 5) is 18.4. The SMILES string of the molecule is CN1CC(COC(=O)C2CCCCCC2)=C[C@@H]2c3cccc4[nH]cc(c34)C[C@H]21. The number of likely N-dealkylation sites (N-methyl/N-ethyl adjacent to an activating group) is 1. The van der Waals surface area contributed by atoms with Crippen LogP contribution in [0.2, 0.25) is 0 Å². The van der Waals surface area contributed by atoms with Gasteiger partial charge in [-0.2, -0.15) is 0 Å². The second kappa shape index (κ2) is 7.40. The molecule has 0 radical (unpaired) electrons. The second-order valence-electron chi connectivity index (χ2n) is 8.92. The first-order chi connectivity index (χ1) is 13.7. The summed E-state index contributed by atoms with van der Waals surface area (Å²) in [5.41, 5.74) is 5.30. The summed E-state index contributed by atoms with van der Waals surface area (Å²) in [6.45, 7) is 1.33. The lowest BCUT2D eigenvalue weighted by Crippen LogP contribution is -2.44. The van der Waals surface area contributed by atoms with Crippen molar-refractivity contribution < 1.29 is 9.53 Å². The Balaban J connectivity index is 1.35. The average Bonchev–Trinajstić information content (AvgIpc) is 2.94. The molecule has 3 aliphatic rings. The van der Waals surface area contributed by atoms with Crippen molar-refractivity contribution in [1.82, 2.24) is 9.88 Å². The number of hydrogen-bond donors (Lipinski definition) is 1. The van der Waals surface area contributed by atoms with Crippen LogP contribution in [-0.4, -0.2) is 42.1 Å². The lowest BCUT2D eigenvalue weighted by Gasteiger charge is -2.41. The van der Waals surface area contributed by atoms with Crippen LogP contribution in [-0.2, 0) is 16.0 Å². The first kappa shape index (κ1) is 18.0. The number of carbonyl (C=O) groups excluding carboxylic acids is 1. The van der Waals surface area contributed by atoms with E-state index in [4.69, 9.17) is 4.74 Å². The number of nitrogens with one attached hydrogen (secondary N) is 1. The number of H-pyrrole nitrogens is 1. The fourth-order valence-electron chi connectivity index (χ4n) is 5.55. The molecule has 0 unspecified atom stereocenters. The number of fused-ring (bicyclic) bond motifs is 2. The van der Waals surface area contributed by atoms with E-state index in [0.29, 0.717) is 18.6 Å². The predicted octanol–water partition coefficient (Wildman–Crippen LogP) is 4.56. The van der Waals surface area contributed by atoms with E-state index in [9.17, 15) is 4.79 Å². The molecule has 2 aliphatic carbocycles. The quantitative estimate of drug-likeness (QED) is 0.484. The van der Waals surface area contributed by atoms with Gasteiger partial charge in [0.25, 0.3) is 0 Å². The number of carbonyl (C=O) groups is 1. The molecular formula is C24H30N2O2. The maximum atomic E-state index is 12.6. The number of esters is 1. The van der Waals surface area contributed by atoms with Crippen LogP contribution in [0.1, 0.15) is 55.6 Å². The molecule has 28 heavy (non-hydrogen) atoms. The van der Waals surface area contributed by atoms with Crippen molar-refractivity contribution in [2.75, 3.05) is 20.2 Å². The molecule has 0 bridgehead atoms. The van der Waals surface area contributed by atoms with Gasteiger partial charge in [0, 0.05) is 35.6 Å². The second-order valence-corrected chi connectivity index (χ2v) is 8.92. The molecule has 1 aromatic carbocycles. The number of aromatic amines is 1. The van der Waals surface area contributed by atoms with Crippen LogP contribution in [0.3, 0.4) is 0 Å². The molecule has 4 heteroatoms. The Kier molecular flexibility index (Phi) is 4.75. The zero-order valence-electron chi connectivity index (χ0n) is 16.7. The lowest BCUT2D eigenvalue weighted by atomic mass is 9.77. The van der Waals surface area contributed by atoms with E-state index < -0.39 is 0 Å². The van der Waals surface area contributed by atoms with Gasteiger partial charge >= 0.3 is 5.97 Å². The van der Waals surface area contributed by atoms with E-state index >= 15 is 0 Å². The lowest BCUT2D eigenvalue weighted by molar-refractivity contribution is -0.148. The minimum absolute atomic E-state index is 0.0197. The summed E-state index contributed by atoms with van der Waals surface area (Å²) >= 11 is 0. The Morgan fingerprint density at radius 2 is 2.04 bits per heavy atom. The molecule has 2 atom stereocenters. The van der Waals surface area contributed by atoms with Gasteiger partial charge < -0.3 is 9.72 Å². The van der Waals surface area contributed by atoms with E-state index in [1.54, 1.807) is 0 Å². The zero-order valence-corrected chi connectivity index (χ0v) is 16.7. The van der Waals surface area contributed by atoms with E-state index in [0.717, 1.165) is 38.6 Å². The number of aromatic nitrogens is 1. The number of hydrogen-bond acceptors (Lipinski definition) is 3. The summed E-state index contributed by atoms with van der Waals surface area (Å²) in [7, 11) is 2.20. The summed E-state index contributed by atoms with van der Waals surface area (Å²) in [5, 5.41) is 1.39. The zero-order chi connectivity index (χ0) is 19.1. The third-order valence-corrected chi connectivity index (χ3v) is 7.04. The summed E-state index contributed by atoms with van der Waals surface area (Å²) in [5.74, 6) is 0.506. The summed E-state index contributed by atoms with van der Waals surface area (Å²) in [6, 6.07) is 7.06. The van der Waals surface area contributed by atoms with Gasteiger partial charge in [-0.25, -0.2) is 0 Å². The van der Waals surface area contributed by atoms with Crippen LogP contribution in [0.15, 0.2) is 36.0 Å². The molecule has 148 valence electrons. The molecular weight excluding hydrogens is 348 g/mol. The maximum Gasteiger partial charge on any atom is 0.309 e. The number of nitrogens with zero attached hydrogens (tertiary/aromatic N) is 1. The van der Waals surface area contributed by atoms with Crippen molar-refractivity contribution in [3.63, 3.8) is 0 Å². The van der Waals surface area contributed by atoms with Crippen LogP contribution < -0.4 is 0 Å². The smallest absolute Gasteiger partial charge is 0.309 e. The largest absolute Gasteiger partial charge is 0.461 e. The van der Waals surface area contributed by atoms with Crippen molar-refractivity contribution in [2.45, 2.75) is 56.9 Å². The fourth-order valence-corrected chi connectivity index (χ4v) is 5.55. The van der Waals surface area contributed by atoms with Crippen LogP contribution in [0, 0.1) is 5.92 Å². The molecule has 2 aromatic rings. The van der Waals surface area contributed by atoms with Gasteiger partial charge in [0.05, 0.1) is 5.92 Å². The van der Waals surface area contributed by atoms with Crippen LogP contribution >= 0.6 is 0 Å². The Morgan fingerprint density at radius 3 is 2.86 bits per heavy atom. The normalized spacial score (nSPS) is 25.8. The number of rotatable bonds is 3. The minimum atomic E-state index is 0.0197. The Bertz CT molecular complexity index is 904. The number of benzene rings is 1. The molecule has 1 saturated carbocycles. The van der Waals surface area contributed by atoms with Crippen molar-refractivity contribution in [1.29, 1.82) is 0 Å². The van der Waals surface area contributed by atoms with Gasteiger partial charge in [0.1, 0.15) is 6.61 Å². The molecule has 0 saturated heterocycles. The monoisotopic (exact) mass is 378 g/mol. The van der Waals surface area contributed by atoms with E-state index in [-0.39, 0.29) is 11.9 Å². The van der Waals surface area contributed by atoms with Gasteiger partial charge in [0.2, 0.25) is 0 Å². The molecule has 1 N–H and O–H groups in total. The van der Waals surface area contributed by atoms with E-state index in [2.05, 4.69) is 47.4 Å². The first-order valence-corrected chi connectivity index (χ1v) is 10.9. The first-order valence-electron chi connectivity index (χ1n) is 10.9. The van der Waals surface area contributed by atoms with Gasteiger partial charge in [-0.1, -0.05) is 43.9 Å². The maximum absolute atomic E-state index is 12.6. The van der Waals surface area contributed by atoms with E-state index in [1.807, 2.05) is 0 Å². The standard InChI is InChI=1S/C24H30N2O2/c1-26-14-16(15-28-24(27)17-7-4-2-3-5-8-17)11-20-19-9-6-10-21-23(19)18(13-25-21)12-22(20)26/h6,9-11,13,17,20,22,25H,2-5,7-8,12,14-15H2,1H3/t20-,22-/m1/s1. The molecule has 0 amide bonds. The topological polar surface area (TPSA) is 45.3 Å². The molecule has 1 aromatic heterocycles. The molecule has 1 fully saturated rings. The highest BCUT2D eigenvalue weighted by atomic mass is 16.5. The highest BCUT2D eigenvalue weighted by Crippen LogP contribution is 2.41. The van der Waals surface area contributed by atoms with Gasteiger partial charge in [-0.15, -0.1) is 0 Å². The molecule has 5 rings (SSSR count). The van der Waals surface area contributed by atoms with Crippen LogP contribution in [0.5, 0.6) is 0 Å². The summed E-state index contributed by atoms with van der Waals surface area (Å²) < 4.78 is 5.79. The van der Waals surface area contributed by atoms with Crippen LogP contribution in [0.25, 0.3) is 10.9 Å². The highest BCUT2D eigenvalue weighted by Gasteiger charge is 2.36. The van der Waals surface area contributed by atoms with Gasteiger partial charge in [-0.3, -0.25) is 9.69 Å². The molecule has 2 heterocycles. The third-order valence-electron chi connectivity index (χ3n) is 7.04. The third kappa shape index (κ3) is 3.18. The Labute approximate surface area is 166 Å². The molecule has 1 aliphatic heterocycles. The highest BCUT2D eigenvalue weighted by molar-refractivity contribution is 5.88. The predicted molar refractivity (Wildman–Crippen MR) is 111 cm³/mol. The van der Waals surface area contributed by atoms with Crippen molar-refractivity contribution in [3.05, 3.63) is 47.2 Å². The van der Waals surface area contributed by atoms with Gasteiger partial charge in [-0.05, 0) is 49.1 Å². The van der Waals surface area contributed by atoms with Crippen molar-refractivity contribution in [2.24, 2.45) is 5.92 Å². The average molecular weight is 379 g/mol. The Morgan fingerprint density at radius 1 is 1.21 bits per heavy atom. The van der Waals surface area contributed by atoms with E-state index in [1.165, 1.54) is 40.4 Å². The van der Waals surface area contributed by atoms with Crippen LogP contribution in [0.4, 0.5) is 0 Å². The van der Waals surface area contributed by atoms with Gasteiger partial charge in [0.15, 0.2) is 0 Å². The molecule has 0 spiro atoms. The molecule has 4 nitrogen and oxygen atoms in total. The van der Waals surface area contributed by atoms with Crippen molar-refractivity contribution >= 4 is 16.9 Å². The number of ether oxygens (including phenoxy) is 1. The Hall–Kier alpha value is -2.07. The van der Waals surface area contributed by atoms with Crippen molar-refractivity contribution in [3.8, 4) is 0 Å². The fraction of sp³-hybridized carbons (Fsp3) is 0.542.